The van der Waals surface area contributed by atoms with E-state index in [1.807, 2.05) is 0 Å². The van der Waals surface area contributed by atoms with E-state index in [9.17, 15) is 4.79 Å². The second-order valence-electron chi connectivity index (χ2n) is 1.54. The van der Waals surface area contributed by atoms with Crippen LogP contribution < -0.4 is 5.32 Å². The fourth-order valence-corrected chi connectivity index (χ4v) is 1.46. The molecule has 54 valence electrons. The van der Waals surface area contributed by atoms with Gasteiger partial charge in [0.05, 0.1) is 0 Å². The molecule has 0 aliphatic heterocycles. The first-order valence-corrected chi connectivity index (χ1v) is 4.06. The Morgan fingerprint density at radius 2 is 2.40 bits per heavy atom. The molecule has 4 nitrogen and oxygen atoms in total. The minimum absolute atomic E-state index is 0.136. The maximum absolute atomic E-state index is 10.4. The van der Waals surface area contributed by atoms with Crippen LogP contribution in [0.15, 0.2) is 3.92 Å². The summed E-state index contributed by atoms with van der Waals surface area (Å²) < 4.78 is 0.663. The highest BCUT2D eigenvalue weighted by molar-refractivity contribution is 9.11. The number of nitrogens with zero attached hydrogens (tertiary/aromatic N) is 2. The van der Waals surface area contributed by atoms with Crippen LogP contribution in [-0.4, -0.2) is 16.1 Å². The van der Waals surface area contributed by atoms with Crippen LogP contribution in [0.1, 0.15) is 6.92 Å². The molecule has 10 heavy (non-hydrogen) atoms. The zero-order valence-corrected chi connectivity index (χ0v) is 7.49. The van der Waals surface area contributed by atoms with Gasteiger partial charge in [-0.25, -0.2) is 0 Å². The maximum Gasteiger partial charge on any atom is 0.223 e. The Morgan fingerprint density at radius 3 is 2.80 bits per heavy atom. The monoisotopic (exact) mass is 221 g/mol. The first kappa shape index (κ1) is 7.62. The van der Waals surface area contributed by atoms with Gasteiger partial charge in [0.2, 0.25) is 11.0 Å². The first-order valence-electron chi connectivity index (χ1n) is 2.45. The molecule has 0 bridgehead atoms. The van der Waals surface area contributed by atoms with Gasteiger partial charge in [0.1, 0.15) is 0 Å². The second-order valence-corrected chi connectivity index (χ2v) is 3.79. The lowest BCUT2D eigenvalue weighted by atomic mass is 10.7. The number of hydrogen-bond acceptors (Lipinski definition) is 4. The van der Waals surface area contributed by atoms with Crippen molar-refractivity contribution in [2.45, 2.75) is 6.92 Å². The lowest BCUT2D eigenvalue weighted by Gasteiger charge is -1.89. The Bertz CT molecular complexity index is 248. The second kappa shape index (κ2) is 3.07. The molecule has 0 spiro atoms. The highest BCUT2D eigenvalue weighted by Gasteiger charge is 2.00. The Morgan fingerprint density at radius 1 is 1.70 bits per heavy atom. The van der Waals surface area contributed by atoms with Gasteiger partial charge in [0.25, 0.3) is 0 Å². The highest BCUT2D eigenvalue weighted by atomic mass is 79.9. The third-order valence-electron chi connectivity index (χ3n) is 0.683. The molecule has 0 aromatic carbocycles. The number of hydrogen-bond donors (Lipinski definition) is 1. The Hall–Kier alpha value is -0.490. The molecule has 0 aliphatic carbocycles. The predicted molar refractivity (Wildman–Crippen MR) is 41.9 cm³/mol. The molecule has 1 rings (SSSR count). The van der Waals surface area contributed by atoms with Crippen molar-refractivity contribution >= 4 is 38.3 Å². The van der Waals surface area contributed by atoms with Crippen LogP contribution >= 0.6 is 27.3 Å². The summed E-state index contributed by atoms with van der Waals surface area (Å²) in [5, 5.41) is 10.3. The number of carbonyl (C=O) groups is 1. The van der Waals surface area contributed by atoms with Gasteiger partial charge in [-0.3, -0.25) is 4.79 Å². The van der Waals surface area contributed by atoms with Crippen LogP contribution in [0.3, 0.4) is 0 Å². The summed E-state index contributed by atoms with van der Waals surface area (Å²) in [6.45, 7) is 1.43. The van der Waals surface area contributed by atoms with Gasteiger partial charge in [-0.1, -0.05) is 11.3 Å². The number of nitrogens with one attached hydrogen (secondary N) is 1. The molecule has 0 aliphatic rings. The lowest BCUT2D eigenvalue weighted by Crippen LogP contribution is -2.04. The van der Waals surface area contributed by atoms with Crippen LogP contribution in [0.4, 0.5) is 5.13 Å². The molecule has 1 heterocycles. The van der Waals surface area contributed by atoms with E-state index in [2.05, 4.69) is 31.4 Å². The van der Waals surface area contributed by atoms with Gasteiger partial charge >= 0.3 is 0 Å². The van der Waals surface area contributed by atoms with Crippen molar-refractivity contribution in [3.05, 3.63) is 3.92 Å². The number of aromatic nitrogens is 2. The van der Waals surface area contributed by atoms with Crippen molar-refractivity contribution in [2.24, 2.45) is 0 Å². The topological polar surface area (TPSA) is 54.9 Å². The summed E-state index contributed by atoms with van der Waals surface area (Å²) in [7, 11) is 0. The molecule has 1 N–H and O–H groups in total. The molecular weight excluding hydrogens is 218 g/mol. The highest BCUT2D eigenvalue weighted by Crippen LogP contribution is 2.19. The summed E-state index contributed by atoms with van der Waals surface area (Å²) >= 11 is 4.39. The van der Waals surface area contributed by atoms with Crippen LogP contribution in [0.2, 0.25) is 0 Å². The maximum atomic E-state index is 10.4. The van der Waals surface area contributed by atoms with Crippen molar-refractivity contribution in [3.63, 3.8) is 0 Å². The average molecular weight is 222 g/mol. The van der Waals surface area contributed by atoms with Gasteiger partial charge in [-0.15, -0.1) is 10.2 Å². The number of halogens is 1. The van der Waals surface area contributed by atoms with E-state index >= 15 is 0 Å². The Kier molecular flexibility index (Phi) is 2.34. The molecule has 0 unspecified atom stereocenters. The predicted octanol–water partition coefficient (Wildman–Crippen LogP) is 1.26. The molecular formula is C4H4BrN3OS. The van der Waals surface area contributed by atoms with Crippen molar-refractivity contribution in [1.29, 1.82) is 0 Å². The van der Waals surface area contributed by atoms with Crippen molar-refractivity contribution in [2.75, 3.05) is 5.32 Å². The van der Waals surface area contributed by atoms with E-state index < -0.39 is 0 Å². The number of rotatable bonds is 1. The largest absolute Gasteiger partial charge is 0.301 e. The SMILES string of the molecule is CC(=O)Nc1nnc(Br)s1. The van der Waals surface area contributed by atoms with E-state index in [0.717, 1.165) is 0 Å². The molecule has 0 saturated carbocycles. The Balaban J connectivity index is 2.67. The molecule has 0 fully saturated rings. The summed E-state index contributed by atoms with van der Waals surface area (Å²) in [6.07, 6.45) is 0. The fourth-order valence-electron chi connectivity index (χ4n) is 0.406. The van der Waals surface area contributed by atoms with Gasteiger partial charge < -0.3 is 5.32 Å². The minimum atomic E-state index is -0.136. The Labute approximate surface area is 69.8 Å². The van der Waals surface area contributed by atoms with Gasteiger partial charge in [0, 0.05) is 6.92 Å². The number of carbonyl (C=O) groups excluding carboxylic acids is 1. The van der Waals surface area contributed by atoms with Crippen molar-refractivity contribution in [3.8, 4) is 0 Å². The van der Waals surface area contributed by atoms with E-state index in [1.54, 1.807) is 0 Å². The van der Waals surface area contributed by atoms with Crippen LogP contribution in [0, 0.1) is 0 Å². The van der Waals surface area contributed by atoms with E-state index in [4.69, 9.17) is 0 Å². The fraction of sp³-hybridized carbons (Fsp3) is 0.250. The van der Waals surface area contributed by atoms with Crippen LogP contribution in [0.25, 0.3) is 0 Å². The average Bonchev–Trinajstić information content (AvgIpc) is 2.13. The third-order valence-corrected chi connectivity index (χ3v) is 1.95. The van der Waals surface area contributed by atoms with Gasteiger partial charge in [-0.2, -0.15) is 0 Å². The van der Waals surface area contributed by atoms with Crippen LogP contribution in [-0.2, 0) is 4.79 Å². The lowest BCUT2D eigenvalue weighted by molar-refractivity contribution is -0.114. The quantitative estimate of drug-likeness (QED) is 0.778. The summed E-state index contributed by atoms with van der Waals surface area (Å²) in [6, 6.07) is 0. The molecule has 6 heteroatoms. The van der Waals surface area contributed by atoms with Gasteiger partial charge in [0.15, 0.2) is 3.92 Å². The molecule has 0 atom stereocenters. The summed E-state index contributed by atoms with van der Waals surface area (Å²) in [5.74, 6) is -0.136. The zero-order chi connectivity index (χ0) is 7.56. The molecule has 1 aromatic heterocycles. The van der Waals surface area contributed by atoms with E-state index in [-0.39, 0.29) is 5.91 Å². The summed E-state index contributed by atoms with van der Waals surface area (Å²) in [5.41, 5.74) is 0. The standard InChI is InChI=1S/C4H4BrN3OS/c1-2(9)6-4-8-7-3(5)10-4/h1H3,(H,6,8,9). The normalized spacial score (nSPS) is 9.40. The summed E-state index contributed by atoms with van der Waals surface area (Å²) in [4.78, 5) is 10.4. The van der Waals surface area contributed by atoms with E-state index in [0.29, 0.717) is 9.05 Å². The zero-order valence-electron chi connectivity index (χ0n) is 5.09. The number of amides is 1. The van der Waals surface area contributed by atoms with Crippen molar-refractivity contribution in [1.82, 2.24) is 10.2 Å². The van der Waals surface area contributed by atoms with Gasteiger partial charge in [-0.05, 0) is 15.9 Å². The van der Waals surface area contributed by atoms with Crippen LogP contribution in [0.5, 0.6) is 0 Å². The molecule has 0 saturated heterocycles. The molecule has 0 radical (unpaired) electrons. The van der Waals surface area contributed by atoms with E-state index in [1.165, 1.54) is 18.3 Å². The van der Waals surface area contributed by atoms with Crippen molar-refractivity contribution < 1.29 is 4.79 Å². The smallest absolute Gasteiger partial charge is 0.223 e. The first-order chi connectivity index (χ1) is 4.68. The number of anilines is 1. The molecule has 1 amide bonds. The third kappa shape index (κ3) is 2.03. The molecule has 1 aromatic rings. The minimum Gasteiger partial charge on any atom is -0.301 e.